The highest BCUT2D eigenvalue weighted by Gasteiger charge is 2.43. The van der Waals surface area contributed by atoms with Gasteiger partial charge in [-0.3, -0.25) is 4.79 Å². The van der Waals surface area contributed by atoms with E-state index in [9.17, 15) is 9.59 Å². The SMILES string of the molecule is O=C1NCC2C1CCCN2C(=O)Oc1ccccc1. The highest BCUT2D eigenvalue weighted by Crippen LogP contribution is 2.28. The molecule has 100 valence electrons. The van der Waals surface area contributed by atoms with Crippen LogP contribution in [0.1, 0.15) is 12.8 Å². The van der Waals surface area contributed by atoms with E-state index in [2.05, 4.69) is 5.32 Å². The summed E-state index contributed by atoms with van der Waals surface area (Å²) >= 11 is 0. The summed E-state index contributed by atoms with van der Waals surface area (Å²) in [6, 6.07) is 8.95. The van der Waals surface area contributed by atoms with Crippen molar-refractivity contribution in [3.63, 3.8) is 0 Å². The Hall–Kier alpha value is -2.04. The maximum atomic E-state index is 12.2. The van der Waals surface area contributed by atoms with E-state index in [1.807, 2.05) is 18.2 Å². The summed E-state index contributed by atoms with van der Waals surface area (Å²) < 4.78 is 5.35. The quantitative estimate of drug-likeness (QED) is 0.830. The number of amides is 2. The number of ether oxygens (including phenoxy) is 1. The molecule has 5 nitrogen and oxygen atoms in total. The summed E-state index contributed by atoms with van der Waals surface area (Å²) in [5.41, 5.74) is 0. The van der Waals surface area contributed by atoms with E-state index in [1.165, 1.54) is 0 Å². The van der Waals surface area contributed by atoms with Crippen molar-refractivity contribution in [2.45, 2.75) is 18.9 Å². The van der Waals surface area contributed by atoms with Crippen molar-refractivity contribution in [1.82, 2.24) is 10.2 Å². The molecule has 1 aromatic carbocycles. The third-order valence-corrected chi connectivity index (χ3v) is 3.78. The fourth-order valence-corrected chi connectivity index (χ4v) is 2.83. The van der Waals surface area contributed by atoms with E-state index in [4.69, 9.17) is 4.74 Å². The molecule has 2 amide bonds. The number of hydrogen-bond donors (Lipinski definition) is 1. The number of fused-ring (bicyclic) bond motifs is 1. The molecule has 2 heterocycles. The number of likely N-dealkylation sites (tertiary alicyclic amines) is 1. The number of carbonyl (C=O) groups excluding carboxylic acids is 2. The maximum Gasteiger partial charge on any atom is 0.415 e. The van der Waals surface area contributed by atoms with Crippen molar-refractivity contribution in [3.8, 4) is 5.75 Å². The lowest BCUT2D eigenvalue weighted by molar-refractivity contribution is -0.123. The van der Waals surface area contributed by atoms with Crippen LogP contribution in [-0.4, -0.2) is 36.0 Å². The van der Waals surface area contributed by atoms with Crippen LogP contribution in [0, 0.1) is 5.92 Å². The van der Waals surface area contributed by atoms with Gasteiger partial charge in [0.15, 0.2) is 0 Å². The van der Waals surface area contributed by atoms with Crippen molar-refractivity contribution >= 4 is 12.0 Å². The number of para-hydroxylation sites is 1. The molecule has 2 aliphatic heterocycles. The van der Waals surface area contributed by atoms with Gasteiger partial charge >= 0.3 is 6.09 Å². The molecular formula is C14H16N2O3. The normalized spacial score (nSPS) is 25.7. The Balaban J connectivity index is 1.71. The van der Waals surface area contributed by atoms with Crippen molar-refractivity contribution in [3.05, 3.63) is 30.3 Å². The van der Waals surface area contributed by atoms with Crippen LogP contribution in [0.2, 0.25) is 0 Å². The Kier molecular flexibility index (Phi) is 3.11. The van der Waals surface area contributed by atoms with Gasteiger partial charge < -0.3 is 15.0 Å². The smallest absolute Gasteiger partial charge is 0.410 e. The highest BCUT2D eigenvalue weighted by atomic mass is 16.6. The fraction of sp³-hybridized carbons (Fsp3) is 0.429. The van der Waals surface area contributed by atoms with Gasteiger partial charge in [0, 0.05) is 13.1 Å². The molecule has 1 N–H and O–H groups in total. The third kappa shape index (κ3) is 2.28. The second-order valence-corrected chi connectivity index (χ2v) is 4.94. The van der Waals surface area contributed by atoms with Gasteiger partial charge in [0.1, 0.15) is 5.75 Å². The van der Waals surface area contributed by atoms with Gasteiger partial charge in [0.2, 0.25) is 5.91 Å². The van der Waals surface area contributed by atoms with Gasteiger partial charge in [-0.1, -0.05) is 18.2 Å². The fourth-order valence-electron chi connectivity index (χ4n) is 2.83. The van der Waals surface area contributed by atoms with Crippen LogP contribution >= 0.6 is 0 Å². The second-order valence-electron chi connectivity index (χ2n) is 4.94. The van der Waals surface area contributed by atoms with Crippen molar-refractivity contribution in [1.29, 1.82) is 0 Å². The molecule has 0 saturated carbocycles. The molecule has 5 heteroatoms. The van der Waals surface area contributed by atoms with Crippen LogP contribution < -0.4 is 10.1 Å². The summed E-state index contributed by atoms with van der Waals surface area (Å²) in [4.78, 5) is 25.5. The average molecular weight is 260 g/mol. The van der Waals surface area contributed by atoms with E-state index in [1.54, 1.807) is 17.0 Å². The number of carbonyl (C=O) groups is 2. The largest absolute Gasteiger partial charge is 0.415 e. The minimum Gasteiger partial charge on any atom is -0.410 e. The number of hydrogen-bond acceptors (Lipinski definition) is 3. The van der Waals surface area contributed by atoms with E-state index < -0.39 is 0 Å². The summed E-state index contributed by atoms with van der Waals surface area (Å²) in [6.45, 7) is 1.19. The summed E-state index contributed by atoms with van der Waals surface area (Å²) in [7, 11) is 0. The first-order valence-corrected chi connectivity index (χ1v) is 6.57. The average Bonchev–Trinajstić information content (AvgIpc) is 2.82. The zero-order valence-electron chi connectivity index (χ0n) is 10.5. The molecule has 2 unspecified atom stereocenters. The molecular weight excluding hydrogens is 244 g/mol. The first-order valence-electron chi connectivity index (χ1n) is 6.57. The van der Waals surface area contributed by atoms with Gasteiger partial charge in [0.05, 0.1) is 12.0 Å². The molecule has 2 fully saturated rings. The Morgan fingerprint density at radius 1 is 1.32 bits per heavy atom. The van der Waals surface area contributed by atoms with Crippen molar-refractivity contribution in [2.75, 3.05) is 13.1 Å². The van der Waals surface area contributed by atoms with Gasteiger partial charge in [-0.15, -0.1) is 0 Å². The van der Waals surface area contributed by atoms with Crippen LogP contribution in [0.5, 0.6) is 5.75 Å². The van der Waals surface area contributed by atoms with Crippen LogP contribution in [0.15, 0.2) is 30.3 Å². The minimum atomic E-state index is -0.364. The van der Waals surface area contributed by atoms with Gasteiger partial charge in [0.25, 0.3) is 0 Å². The third-order valence-electron chi connectivity index (χ3n) is 3.78. The van der Waals surface area contributed by atoms with Crippen molar-refractivity contribution in [2.24, 2.45) is 5.92 Å². The molecule has 2 atom stereocenters. The molecule has 0 radical (unpaired) electrons. The lowest BCUT2D eigenvalue weighted by atomic mass is 9.92. The molecule has 2 saturated heterocycles. The zero-order chi connectivity index (χ0) is 13.2. The van der Waals surface area contributed by atoms with E-state index >= 15 is 0 Å². The molecule has 1 aromatic rings. The van der Waals surface area contributed by atoms with Crippen LogP contribution in [0.4, 0.5) is 4.79 Å². The van der Waals surface area contributed by atoms with E-state index in [0.717, 1.165) is 12.8 Å². The molecule has 19 heavy (non-hydrogen) atoms. The minimum absolute atomic E-state index is 0.0576. The van der Waals surface area contributed by atoms with Crippen LogP contribution in [0.25, 0.3) is 0 Å². The van der Waals surface area contributed by atoms with Crippen molar-refractivity contribution < 1.29 is 14.3 Å². The van der Waals surface area contributed by atoms with Gasteiger partial charge in [-0.05, 0) is 25.0 Å². The highest BCUT2D eigenvalue weighted by molar-refractivity contribution is 5.83. The Bertz CT molecular complexity index is 489. The lowest BCUT2D eigenvalue weighted by Gasteiger charge is -2.34. The summed E-state index contributed by atoms with van der Waals surface area (Å²) in [6.07, 6.45) is 1.33. The molecule has 0 aliphatic carbocycles. The predicted molar refractivity (Wildman–Crippen MR) is 68.7 cm³/mol. The number of piperidine rings is 1. The number of nitrogens with zero attached hydrogens (tertiary/aromatic N) is 1. The number of rotatable bonds is 1. The van der Waals surface area contributed by atoms with Crippen LogP contribution in [0.3, 0.4) is 0 Å². The molecule has 0 aromatic heterocycles. The van der Waals surface area contributed by atoms with Crippen LogP contribution in [-0.2, 0) is 4.79 Å². The second kappa shape index (κ2) is 4.91. The van der Waals surface area contributed by atoms with E-state index in [-0.39, 0.29) is 24.0 Å². The molecule has 0 bridgehead atoms. The summed E-state index contributed by atoms with van der Waals surface area (Å²) in [5, 5.41) is 2.82. The topological polar surface area (TPSA) is 58.6 Å². The summed E-state index contributed by atoms with van der Waals surface area (Å²) in [5.74, 6) is 0.520. The van der Waals surface area contributed by atoms with Gasteiger partial charge in [-0.25, -0.2) is 4.79 Å². The zero-order valence-corrected chi connectivity index (χ0v) is 10.5. The lowest BCUT2D eigenvalue weighted by Crippen LogP contribution is -2.49. The molecule has 0 spiro atoms. The molecule has 2 aliphatic rings. The van der Waals surface area contributed by atoms with E-state index in [0.29, 0.717) is 18.8 Å². The maximum absolute atomic E-state index is 12.2. The first-order chi connectivity index (χ1) is 9.25. The predicted octanol–water partition coefficient (Wildman–Crippen LogP) is 1.40. The molecule has 3 rings (SSSR count). The Labute approximate surface area is 111 Å². The standard InChI is InChI=1S/C14H16N2O3/c17-13-11-7-4-8-16(12(11)9-15-13)14(18)19-10-5-2-1-3-6-10/h1-3,5-6,11-12H,4,7-9H2,(H,15,17). The number of benzene rings is 1. The Morgan fingerprint density at radius 3 is 2.89 bits per heavy atom. The monoisotopic (exact) mass is 260 g/mol. The van der Waals surface area contributed by atoms with Gasteiger partial charge in [-0.2, -0.15) is 0 Å². The first kappa shape index (κ1) is 12.0. The Morgan fingerprint density at radius 2 is 2.11 bits per heavy atom. The number of nitrogens with one attached hydrogen (secondary N) is 1.